The van der Waals surface area contributed by atoms with Gasteiger partial charge in [0.15, 0.2) is 0 Å². The van der Waals surface area contributed by atoms with Gasteiger partial charge < -0.3 is 4.74 Å². The molecule has 0 aromatic heterocycles. The molecular formula is C22H43N3O2. The van der Waals surface area contributed by atoms with Gasteiger partial charge in [-0.25, -0.2) is 0 Å². The number of carbonyl (C=O) groups is 1. The smallest absolute Gasteiger partial charge is 0.306 e. The van der Waals surface area contributed by atoms with Gasteiger partial charge in [0.25, 0.3) is 0 Å². The van der Waals surface area contributed by atoms with Crippen LogP contribution in [-0.2, 0) is 9.53 Å². The molecule has 27 heavy (non-hydrogen) atoms. The molecule has 0 amide bonds. The van der Waals surface area contributed by atoms with Gasteiger partial charge in [0.05, 0.1) is 0 Å². The number of esters is 1. The predicted octanol–water partition coefficient (Wildman–Crippen LogP) is 7.88. The molecule has 0 N–H and O–H groups in total. The van der Waals surface area contributed by atoms with Crippen LogP contribution < -0.4 is 0 Å². The van der Waals surface area contributed by atoms with E-state index in [1.165, 1.54) is 77.0 Å². The molecule has 0 atom stereocenters. The van der Waals surface area contributed by atoms with Crippen LogP contribution in [0.4, 0.5) is 0 Å². The van der Waals surface area contributed by atoms with Crippen LogP contribution >= 0.6 is 0 Å². The average molecular weight is 382 g/mol. The highest BCUT2D eigenvalue weighted by atomic mass is 16.6. The number of ether oxygens (including phenoxy) is 1. The number of unbranched alkanes of at least 4 members (excludes halogenated alkanes) is 14. The van der Waals surface area contributed by atoms with Crippen molar-refractivity contribution < 1.29 is 9.53 Å². The third-order valence-electron chi connectivity index (χ3n) is 4.62. The lowest BCUT2D eigenvalue weighted by Gasteiger charge is -2.19. The minimum absolute atomic E-state index is 0.0596. The standard InChI is InChI=1S/C22H43N3O2/c1-22(2,3)27-21(26)19-17-15-13-11-9-7-5-4-6-8-10-12-14-16-18-20-24-25-23/h4-20H2,1-3H3. The first-order valence-corrected chi connectivity index (χ1v) is 11.2. The van der Waals surface area contributed by atoms with Crippen LogP contribution in [0.1, 0.15) is 124 Å². The van der Waals surface area contributed by atoms with Crippen molar-refractivity contribution in [2.75, 3.05) is 6.54 Å². The van der Waals surface area contributed by atoms with E-state index in [9.17, 15) is 4.79 Å². The van der Waals surface area contributed by atoms with Crippen LogP contribution in [0.15, 0.2) is 5.11 Å². The molecule has 0 aliphatic heterocycles. The molecule has 0 aliphatic rings. The lowest BCUT2D eigenvalue weighted by Crippen LogP contribution is -2.23. The summed E-state index contributed by atoms with van der Waals surface area (Å²) in [6.07, 6.45) is 19.5. The Morgan fingerprint density at radius 3 is 1.48 bits per heavy atom. The molecule has 5 heteroatoms. The molecule has 0 aromatic carbocycles. The maximum absolute atomic E-state index is 11.6. The lowest BCUT2D eigenvalue weighted by molar-refractivity contribution is -0.154. The molecule has 0 spiro atoms. The summed E-state index contributed by atoms with van der Waals surface area (Å²) in [6.45, 7) is 6.41. The summed E-state index contributed by atoms with van der Waals surface area (Å²) in [5.74, 6) is -0.0596. The Hall–Kier alpha value is -1.22. The lowest BCUT2D eigenvalue weighted by atomic mass is 10.0. The second-order valence-electron chi connectivity index (χ2n) is 8.59. The molecule has 158 valence electrons. The van der Waals surface area contributed by atoms with Gasteiger partial charge in [-0.05, 0) is 39.1 Å². The van der Waals surface area contributed by atoms with Gasteiger partial charge in [-0.15, -0.1) is 0 Å². The summed E-state index contributed by atoms with van der Waals surface area (Å²) in [6, 6.07) is 0. The van der Waals surface area contributed by atoms with E-state index >= 15 is 0 Å². The molecule has 0 aromatic rings. The Morgan fingerprint density at radius 2 is 1.11 bits per heavy atom. The number of carbonyl (C=O) groups excluding carboxylic acids is 1. The topological polar surface area (TPSA) is 75.1 Å². The normalized spacial score (nSPS) is 11.2. The molecule has 0 aliphatic carbocycles. The summed E-state index contributed by atoms with van der Waals surface area (Å²) >= 11 is 0. The molecule has 0 bridgehead atoms. The van der Waals surface area contributed by atoms with Crippen LogP contribution in [0.3, 0.4) is 0 Å². The average Bonchev–Trinajstić information content (AvgIpc) is 2.59. The van der Waals surface area contributed by atoms with Crippen molar-refractivity contribution in [3.05, 3.63) is 10.4 Å². The third-order valence-corrected chi connectivity index (χ3v) is 4.62. The van der Waals surface area contributed by atoms with E-state index < -0.39 is 0 Å². The molecule has 0 heterocycles. The summed E-state index contributed by atoms with van der Waals surface area (Å²) in [5, 5.41) is 3.56. The zero-order valence-electron chi connectivity index (χ0n) is 18.2. The van der Waals surface area contributed by atoms with Gasteiger partial charge in [-0.3, -0.25) is 4.79 Å². The molecule has 0 unspecified atom stereocenters. The Morgan fingerprint density at radius 1 is 0.741 bits per heavy atom. The minimum atomic E-state index is -0.356. The number of nitrogens with zero attached hydrogens (tertiary/aromatic N) is 3. The Balaban J connectivity index is 3.15. The minimum Gasteiger partial charge on any atom is -0.460 e. The van der Waals surface area contributed by atoms with Crippen LogP contribution in [0.25, 0.3) is 10.4 Å². The Labute approximate surface area is 167 Å². The molecule has 5 nitrogen and oxygen atoms in total. The fourth-order valence-corrected chi connectivity index (χ4v) is 3.19. The number of azide groups is 1. The summed E-state index contributed by atoms with van der Waals surface area (Å²) in [5.41, 5.74) is 7.83. The van der Waals surface area contributed by atoms with Gasteiger partial charge in [0.2, 0.25) is 0 Å². The van der Waals surface area contributed by atoms with E-state index in [0.717, 1.165) is 19.3 Å². The van der Waals surface area contributed by atoms with Gasteiger partial charge >= 0.3 is 5.97 Å². The molecular weight excluding hydrogens is 338 g/mol. The van der Waals surface area contributed by atoms with Gasteiger partial charge in [0.1, 0.15) is 5.60 Å². The monoisotopic (exact) mass is 381 g/mol. The number of rotatable bonds is 18. The molecule has 0 fully saturated rings. The number of hydrogen-bond acceptors (Lipinski definition) is 3. The maximum atomic E-state index is 11.6. The summed E-state index contributed by atoms with van der Waals surface area (Å²) < 4.78 is 5.32. The summed E-state index contributed by atoms with van der Waals surface area (Å²) in [7, 11) is 0. The summed E-state index contributed by atoms with van der Waals surface area (Å²) in [4.78, 5) is 14.4. The zero-order chi connectivity index (χ0) is 20.2. The molecule has 0 saturated heterocycles. The van der Waals surface area contributed by atoms with E-state index in [1.807, 2.05) is 20.8 Å². The van der Waals surface area contributed by atoms with Crippen molar-refractivity contribution in [3.63, 3.8) is 0 Å². The van der Waals surface area contributed by atoms with E-state index in [0.29, 0.717) is 13.0 Å². The highest BCUT2D eigenvalue weighted by molar-refractivity contribution is 5.69. The second kappa shape index (κ2) is 18.2. The van der Waals surface area contributed by atoms with Crippen molar-refractivity contribution in [1.82, 2.24) is 0 Å². The van der Waals surface area contributed by atoms with Gasteiger partial charge in [-0.2, -0.15) is 0 Å². The zero-order valence-corrected chi connectivity index (χ0v) is 18.2. The number of hydrogen-bond donors (Lipinski definition) is 0. The van der Waals surface area contributed by atoms with Crippen molar-refractivity contribution in [2.24, 2.45) is 5.11 Å². The fourth-order valence-electron chi connectivity index (χ4n) is 3.19. The van der Waals surface area contributed by atoms with E-state index in [-0.39, 0.29) is 11.6 Å². The van der Waals surface area contributed by atoms with Crippen molar-refractivity contribution in [1.29, 1.82) is 0 Å². The van der Waals surface area contributed by atoms with E-state index in [4.69, 9.17) is 10.3 Å². The molecule has 0 rings (SSSR count). The van der Waals surface area contributed by atoms with Crippen LogP contribution in [0.5, 0.6) is 0 Å². The largest absolute Gasteiger partial charge is 0.460 e. The molecule has 0 saturated carbocycles. The SMILES string of the molecule is CC(C)(C)OC(=O)CCCCCCCCCCCCCCCCCN=[N+]=[N-]. The van der Waals surface area contributed by atoms with Gasteiger partial charge in [0, 0.05) is 17.9 Å². The van der Waals surface area contributed by atoms with E-state index in [2.05, 4.69) is 10.0 Å². The van der Waals surface area contributed by atoms with Crippen LogP contribution in [0, 0.1) is 0 Å². The van der Waals surface area contributed by atoms with Gasteiger partial charge in [-0.1, -0.05) is 88.6 Å². The van der Waals surface area contributed by atoms with Crippen LogP contribution in [0.2, 0.25) is 0 Å². The van der Waals surface area contributed by atoms with Crippen molar-refractivity contribution in [3.8, 4) is 0 Å². The second-order valence-corrected chi connectivity index (χ2v) is 8.59. The first kappa shape index (κ1) is 25.8. The highest BCUT2D eigenvalue weighted by Crippen LogP contribution is 2.15. The predicted molar refractivity (Wildman–Crippen MR) is 114 cm³/mol. The fraction of sp³-hybridized carbons (Fsp3) is 0.955. The third kappa shape index (κ3) is 22.7. The quantitative estimate of drug-likeness (QED) is 0.0795. The first-order valence-electron chi connectivity index (χ1n) is 11.2. The van der Waals surface area contributed by atoms with E-state index in [1.54, 1.807) is 0 Å². The van der Waals surface area contributed by atoms with Crippen LogP contribution in [-0.4, -0.2) is 18.1 Å². The highest BCUT2D eigenvalue weighted by Gasteiger charge is 2.15. The molecule has 0 radical (unpaired) electrons. The van der Waals surface area contributed by atoms with Crippen molar-refractivity contribution >= 4 is 5.97 Å². The Bertz CT molecular complexity index is 399. The first-order chi connectivity index (χ1) is 13.0. The Kier molecular flexibility index (Phi) is 17.3. The van der Waals surface area contributed by atoms with Crippen molar-refractivity contribution in [2.45, 2.75) is 129 Å². The maximum Gasteiger partial charge on any atom is 0.306 e.